The second-order valence-corrected chi connectivity index (χ2v) is 35.9. The maximum Gasteiger partial charge on any atom is 0.238 e. The van der Waals surface area contributed by atoms with E-state index in [9.17, 15) is 0 Å². The first kappa shape index (κ1) is 62.9. The van der Waals surface area contributed by atoms with Crippen LogP contribution in [-0.4, -0.2) is 55.2 Å². The van der Waals surface area contributed by atoms with Crippen LogP contribution < -0.4 is 41.5 Å². The smallest absolute Gasteiger partial charge is 0.238 e. The van der Waals surface area contributed by atoms with Crippen LogP contribution in [0.15, 0.2) is 388 Å². The van der Waals surface area contributed by atoms with E-state index in [-0.39, 0.29) is 11.8 Å². The molecule has 0 atom stereocenters. The second kappa shape index (κ2) is 25.6. The molecule has 22 rings (SSSR count). The molecule has 108 heavy (non-hydrogen) atoms. The van der Waals surface area contributed by atoms with Crippen molar-refractivity contribution in [2.75, 3.05) is 0 Å². The van der Waals surface area contributed by atoms with Crippen LogP contribution in [0.3, 0.4) is 0 Å². The van der Waals surface area contributed by atoms with Gasteiger partial charge in [-0.15, -0.1) is 0 Å². The zero-order chi connectivity index (χ0) is 71.3. The second-order valence-electron chi connectivity index (χ2n) is 28.3. The van der Waals surface area contributed by atoms with Crippen LogP contribution in [0.2, 0.25) is 0 Å². The van der Waals surface area contributed by atoms with Crippen LogP contribution in [0.1, 0.15) is 45.2 Å². The summed E-state index contributed by atoms with van der Waals surface area (Å²) in [6, 6.07) is 142. The molecule has 15 aromatic carbocycles. The zero-order valence-electron chi connectivity index (χ0n) is 58.7. The van der Waals surface area contributed by atoms with Crippen molar-refractivity contribution in [1.82, 2.24) is 39.0 Å². The molecule has 0 radical (unpaired) electrons. The monoisotopic (exact) mass is 1410 g/mol. The highest BCUT2D eigenvalue weighted by Gasteiger charge is 2.46. The predicted octanol–water partition coefficient (Wildman–Crippen LogP) is 16.7. The maximum absolute atomic E-state index is 5.69. The van der Waals surface area contributed by atoms with Gasteiger partial charge in [0, 0.05) is 55.6 Å². The Morgan fingerprint density at radius 3 is 0.833 bits per heavy atom. The van der Waals surface area contributed by atoms with Gasteiger partial charge in [0.25, 0.3) is 0 Å². The first-order chi connectivity index (χ1) is 53.6. The molecule has 0 unspecified atom stereocenters. The third-order valence-electron chi connectivity index (χ3n) is 22.7. The Bertz CT molecular complexity index is 6100. The van der Waals surface area contributed by atoms with Crippen molar-refractivity contribution in [3.05, 3.63) is 422 Å². The Morgan fingerprint density at radius 2 is 0.481 bits per heavy atom. The van der Waals surface area contributed by atoms with E-state index in [2.05, 4.69) is 385 Å². The van der Waals surface area contributed by atoms with Crippen molar-refractivity contribution in [2.45, 2.75) is 11.8 Å². The number of nitrogens with zero attached hydrogens (tertiary/aromatic N) is 8. The van der Waals surface area contributed by atoms with Crippen LogP contribution in [0, 0.1) is 0 Å². The Morgan fingerprint density at radius 1 is 0.204 bits per heavy atom. The fraction of sp³-hybridized carbons (Fsp3) is 0.0204. The molecule has 3 aliphatic rings. The predicted molar refractivity (Wildman–Crippen MR) is 446 cm³/mol. The molecule has 2 bridgehead atoms. The van der Waals surface area contributed by atoms with Gasteiger partial charge < -0.3 is 0 Å². The lowest BCUT2D eigenvalue weighted by Crippen LogP contribution is -2.74. The molecule has 0 amide bonds. The topological polar surface area (TPSA) is 87.2 Å². The number of hydrogen-bond donors (Lipinski definition) is 0. The normalized spacial score (nSPS) is 13.7. The summed E-state index contributed by atoms with van der Waals surface area (Å²) < 4.78 is 4.60. The first-order valence-electron chi connectivity index (χ1n) is 37.0. The molecule has 0 fully saturated rings. The number of para-hydroxylation sites is 2. The van der Waals surface area contributed by atoms with Crippen LogP contribution >= 0.6 is 0 Å². The van der Waals surface area contributed by atoms with Gasteiger partial charge in [0.2, 0.25) is 11.9 Å². The molecule has 4 heterocycles. The summed E-state index contributed by atoms with van der Waals surface area (Å²) in [5, 5.41) is 14.9. The number of hydrogen-bond acceptors (Lipinski definition) is 6. The molecule has 0 aliphatic heterocycles. The molecule has 0 saturated carbocycles. The number of fused-ring (bicyclic) bond motifs is 6. The van der Waals surface area contributed by atoms with E-state index in [1.54, 1.807) is 0 Å². The van der Waals surface area contributed by atoms with Crippen LogP contribution in [0.5, 0.6) is 0 Å². The molecule has 4 aromatic heterocycles. The van der Waals surface area contributed by atoms with E-state index < -0.39 is 16.1 Å². The molecule has 8 nitrogen and oxygen atoms in total. The average molecular weight is 1410 g/mol. The Balaban J connectivity index is 0.766. The van der Waals surface area contributed by atoms with Crippen LogP contribution in [-0.2, 0) is 0 Å². The van der Waals surface area contributed by atoms with E-state index in [1.165, 1.54) is 85.6 Å². The van der Waals surface area contributed by atoms with Gasteiger partial charge in [0.15, 0.2) is 39.4 Å². The van der Waals surface area contributed by atoms with Gasteiger partial charge in [-0.1, -0.05) is 364 Å². The van der Waals surface area contributed by atoms with E-state index in [1.807, 2.05) is 12.1 Å². The average Bonchev–Trinajstić information content (AvgIpc) is 1.36. The lowest BCUT2D eigenvalue weighted by molar-refractivity contribution is 0.767. The lowest BCUT2D eigenvalue weighted by atomic mass is 9.59. The molecule has 506 valence electrons. The molecule has 10 heteroatoms. The third kappa shape index (κ3) is 9.74. The SMILES string of the molecule is c1ccc(-c2nc(-c3cccc([Si](c4ccccc4)(c4ccccc4)c4ccccc4)c3)nc(-n3c4ccccc4c4c5c(ccc43)C3c4ccccc4C5c4c3ccc3c4c4ccccc4n3-c3nc(-c4ccccc4)nc(-c4cccc([Si](c5ccccc5)(c5ccccc5)c5ccccc5)c4)n3)n2)cc1. The fourth-order valence-corrected chi connectivity index (χ4v) is 27.9. The molecule has 3 aliphatic carbocycles. The van der Waals surface area contributed by atoms with Gasteiger partial charge in [-0.05, 0) is 99.1 Å². The van der Waals surface area contributed by atoms with Crippen molar-refractivity contribution in [2.24, 2.45) is 0 Å². The van der Waals surface area contributed by atoms with E-state index in [0.29, 0.717) is 35.2 Å². The van der Waals surface area contributed by atoms with Gasteiger partial charge in [0.05, 0.1) is 22.1 Å². The van der Waals surface area contributed by atoms with Crippen molar-refractivity contribution in [3.8, 4) is 57.4 Å². The van der Waals surface area contributed by atoms with Crippen molar-refractivity contribution >= 4 is 101 Å². The van der Waals surface area contributed by atoms with Crippen molar-refractivity contribution in [3.63, 3.8) is 0 Å². The van der Waals surface area contributed by atoms with E-state index in [0.717, 1.165) is 55.1 Å². The minimum atomic E-state index is -2.95. The van der Waals surface area contributed by atoms with Gasteiger partial charge in [-0.3, -0.25) is 9.13 Å². The molecular weight excluding hydrogens is 1350 g/mol. The Hall–Kier alpha value is -13.6. The van der Waals surface area contributed by atoms with Gasteiger partial charge >= 0.3 is 0 Å². The standard InChI is InChI=1S/C98H66N8Si2/c1-9-33-65(34-10-1)93-99-95(67-37-31-51-75(63-67)107(69-39-13-3-14-40-69,70-41-15-4-16-42-70)71-43-17-5-18-44-71)103-97(101-93)105-83-57-29-27-55-79(83)88-85(105)61-59-81-87-77-53-25-26-54-78(77)90(91(81)88)92-82(87)60-62-86-89(92)80-56-28-30-58-84(80)106(86)98-102-94(66-35-11-2-12-36-66)100-96(104-98)68-38-32-52-76(64-68)108(72-45-19-6-20-46-72,73-47-21-7-22-48-73)74-49-23-8-24-50-74/h1-64,87,90H. The van der Waals surface area contributed by atoms with Crippen LogP contribution in [0.4, 0.5) is 0 Å². The minimum Gasteiger partial charge on any atom is -0.278 e. The lowest BCUT2D eigenvalue weighted by Gasteiger charge is -2.43. The molecule has 0 spiro atoms. The summed E-state index contributed by atoms with van der Waals surface area (Å²) in [5.74, 6) is 3.22. The quantitative estimate of drug-likeness (QED) is 0.0796. The Labute approximate surface area is 627 Å². The molecule has 0 saturated heterocycles. The molecular formula is C98H66N8Si2. The highest BCUT2D eigenvalue weighted by Crippen LogP contribution is 2.60. The summed E-state index contributed by atoms with van der Waals surface area (Å²) in [4.78, 5) is 33.4. The van der Waals surface area contributed by atoms with Gasteiger partial charge in [-0.2, -0.15) is 19.9 Å². The number of aromatic nitrogens is 8. The highest BCUT2D eigenvalue weighted by molar-refractivity contribution is 7.20. The van der Waals surface area contributed by atoms with E-state index >= 15 is 0 Å². The summed E-state index contributed by atoms with van der Waals surface area (Å²) >= 11 is 0. The van der Waals surface area contributed by atoms with Crippen molar-refractivity contribution in [1.29, 1.82) is 0 Å². The summed E-state index contributed by atoms with van der Waals surface area (Å²) in [6.45, 7) is 0. The Kier molecular flexibility index (Phi) is 14.9. The van der Waals surface area contributed by atoms with E-state index in [4.69, 9.17) is 29.9 Å². The van der Waals surface area contributed by atoms with Crippen LogP contribution in [0.25, 0.3) is 101 Å². The maximum atomic E-state index is 5.69. The zero-order valence-corrected chi connectivity index (χ0v) is 60.7. The number of rotatable bonds is 14. The third-order valence-corrected chi connectivity index (χ3v) is 32.3. The van der Waals surface area contributed by atoms with Crippen molar-refractivity contribution < 1.29 is 0 Å². The largest absolute Gasteiger partial charge is 0.278 e. The van der Waals surface area contributed by atoms with Gasteiger partial charge in [0.1, 0.15) is 0 Å². The van der Waals surface area contributed by atoms with Gasteiger partial charge in [-0.25, -0.2) is 9.97 Å². The summed E-state index contributed by atoms with van der Waals surface area (Å²) in [6.07, 6.45) is 0. The summed E-state index contributed by atoms with van der Waals surface area (Å²) in [5.41, 5.74) is 15.5. The summed E-state index contributed by atoms with van der Waals surface area (Å²) in [7, 11) is -5.90. The number of benzene rings is 15. The highest BCUT2D eigenvalue weighted by atomic mass is 28.3. The first-order valence-corrected chi connectivity index (χ1v) is 41.0. The molecule has 0 N–H and O–H groups in total. The molecule has 19 aromatic rings. The minimum absolute atomic E-state index is 0.0626. The fourth-order valence-electron chi connectivity index (χ4n) is 18.3.